The number of H-pyrrole nitrogens is 2. The van der Waals surface area contributed by atoms with Crippen molar-refractivity contribution in [2.45, 2.75) is 17.8 Å². The number of aryl methyl sites for hydroxylation is 1. The zero-order valence-electron chi connectivity index (χ0n) is 12.7. The third-order valence-corrected chi connectivity index (χ3v) is 4.31. The van der Waals surface area contributed by atoms with Gasteiger partial charge < -0.3 is 0 Å². The summed E-state index contributed by atoms with van der Waals surface area (Å²) in [5.41, 5.74) is 2.60. The monoisotopic (exact) mass is 339 g/mol. The molecule has 120 valence electrons. The second kappa shape index (κ2) is 5.93. The van der Waals surface area contributed by atoms with Gasteiger partial charge in [-0.05, 0) is 13.0 Å². The van der Waals surface area contributed by atoms with E-state index < -0.39 is 0 Å². The molecule has 0 spiro atoms. The molecule has 4 rings (SSSR count). The molecule has 8 nitrogen and oxygen atoms in total. The van der Waals surface area contributed by atoms with Crippen LogP contribution < -0.4 is 5.56 Å². The standard InChI is InChI=1S/C15H13N7OS/c1-9-3-2-4-10(5-9)13-19-15(21-20-13)24-7-11-6-12(23)22-14(18-11)16-8-17-22/h2-6,8H,7H2,1H3,(H,16,17,18)(H,19,20,21). The zero-order valence-corrected chi connectivity index (χ0v) is 13.5. The van der Waals surface area contributed by atoms with Crippen LogP contribution in [-0.2, 0) is 5.75 Å². The van der Waals surface area contributed by atoms with Gasteiger partial charge in [0, 0.05) is 17.4 Å². The molecular formula is C15H13N7OS. The molecule has 9 heteroatoms. The lowest BCUT2D eigenvalue weighted by Gasteiger charge is -1.98. The maximum absolute atomic E-state index is 11.9. The molecule has 0 fully saturated rings. The molecule has 0 unspecified atom stereocenters. The number of rotatable bonds is 4. The number of thioether (sulfide) groups is 1. The highest BCUT2D eigenvalue weighted by Crippen LogP contribution is 2.22. The van der Waals surface area contributed by atoms with Crippen molar-refractivity contribution in [1.82, 2.24) is 34.8 Å². The van der Waals surface area contributed by atoms with Gasteiger partial charge >= 0.3 is 0 Å². The number of hydrogen-bond donors (Lipinski definition) is 2. The number of benzene rings is 1. The van der Waals surface area contributed by atoms with Crippen molar-refractivity contribution >= 4 is 17.5 Å². The average Bonchev–Trinajstić information content (AvgIpc) is 3.22. The van der Waals surface area contributed by atoms with E-state index in [1.807, 2.05) is 31.2 Å². The largest absolute Gasteiger partial charge is 0.278 e. The Labute approximate surface area is 140 Å². The van der Waals surface area contributed by atoms with E-state index in [1.54, 1.807) is 0 Å². The van der Waals surface area contributed by atoms with Gasteiger partial charge in [-0.2, -0.15) is 4.52 Å². The molecule has 0 atom stereocenters. The molecule has 0 aliphatic heterocycles. The van der Waals surface area contributed by atoms with E-state index in [2.05, 4.69) is 30.2 Å². The third kappa shape index (κ3) is 2.81. The molecule has 1 aromatic carbocycles. The van der Waals surface area contributed by atoms with Gasteiger partial charge in [0.25, 0.3) is 11.3 Å². The van der Waals surface area contributed by atoms with Gasteiger partial charge in [-0.1, -0.05) is 35.5 Å². The number of aromatic amines is 2. The Balaban J connectivity index is 1.52. The minimum Gasteiger partial charge on any atom is -0.278 e. The first-order valence-electron chi connectivity index (χ1n) is 7.23. The predicted octanol–water partition coefficient (Wildman–Crippen LogP) is 1.80. The molecule has 0 saturated heterocycles. The summed E-state index contributed by atoms with van der Waals surface area (Å²) in [6, 6.07) is 9.52. The second-order valence-corrected chi connectivity index (χ2v) is 6.18. The summed E-state index contributed by atoms with van der Waals surface area (Å²) in [6.07, 6.45) is 1.43. The maximum Gasteiger partial charge on any atom is 0.274 e. The van der Waals surface area contributed by atoms with E-state index in [0.717, 1.165) is 17.0 Å². The van der Waals surface area contributed by atoms with E-state index in [0.29, 0.717) is 22.4 Å². The Hall–Kier alpha value is -2.94. The van der Waals surface area contributed by atoms with E-state index in [4.69, 9.17) is 0 Å². The van der Waals surface area contributed by atoms with Crippen LogP contribution >= 0.6 is 11.8 Å². The molecule has 24 heavy (non-hydrogen) atoms. The van der Waals surface area contributed by atoms with Crippen molar-refractivity contribution in [3.8, 4) is 11.4 Å². The molecule has 3 aromatic heterocycles. The Morgan fingerprint density at radius 1 is 1.25 bits per heavy atom. The summed E-state index contributed by atoms with van der Waals surface area (Å²) in [6.45, 7) is 2.03. The Morgan fingerprint density at radius 2 is 2.17 bits per heavy atom. The number of hydrogen-bond acceptors (Lipinski definition) is 6. The molecule has 3 heterocycles. The van der Waals surface area contributed by atoms with Crippen LogP contribution in [0.1, 0.15) is 11.3 Å². The fourth-order valence-electron chi connectivity index (χ4n) is 2.31. The topological polar surface area (TPSA) is 105 Å². The van der Waals surface area contributed by atoms with Crippen LogP contribution in [0.4, 0.5) is 0 Å². The summed E-state index contributed by atoms with van der Waals surface area (Å²) < 4.78 is 1.29. The first-order chi connectivity index (χ1) is 11.7. The van der Waals surface area contributed by atoms with Gasteiger partial charge in [-0.25, -0.2) is 15.0 Å². The van der Waals surface area contributed by atoms with Gasteiger partial charge in [-0.3, -0.25) is 15.0 Å². The van der Waals surface area contributed by atoms with Crippen LogP contribution in [0.25, 0.3) is 17.2 Å². The highest BCUT2D eigenvalue weighted by Gasteiger charge is 2.09. The van der Waals surface area contributed by atoms with Crippen LogP contribution in [0.2, 0.25) is 0 Å². The number of aromatic nitrogens is 7. The van der Waals surface area contributed by atoms with Crippen molar-refractivity contribution < 1.29 is 0 Å². The summed E-state index contributed by atoms with van der Waals surface area (Å²) in [7, 11) is 0. The lowest BCUT2D eigenvalue weighted by Crippen LogP contribution is -2.15. The normalized spacial score (nSPS) is 11.2. The Morgan fingerprint density at radius 3 is 3.04 bits per heavy atom. The minimum atomic E-state index is -0.191. The smallest absolute Gasteiger partial charge is 0.274 e. The number of nitrogens with one attached hydrogen (secondary N) is 2. The zero-order chi connectivity index (χ0) is 16.5. The van der Waals surface area contributed by atoms with Crippen LogP contribution in [0.3, 0.4) is 0 Å². The van der Waals surface area contributed by atoms with Crippen molar-refractivity contribution in [1.29, 1.82) is 0 Å². The lowest BCUT2D eigenvalue weighted by atomic mass is 10.1. The predicted molar refractivity (Wildman–Crippen MR) is 89.7 cm³/mol. The second-order valence-electron chi connectivity index (χ2n) is 5.23. The molecule has 0 amide bonds. The molecular weight excluding hydrogens is 326 g/mol. The minimum absolute atomic E-state index is 0.191. The maximum atomic E-state index is 11.9. The Kier molecular flexibility index (Phi) is 3.62. The van der Waals surface area contributed by atoms with Crippen molar-refractivity contribution in [3.05, 3.63) is 58.3 Å². The number of nitrogens with zero attached hydrogens (tertiary/aromatic N) is 5. The van der Waals surface area contributed by atoms with Gasteiger partial charge in [0.2, 0.25) is 5.16 Å². The molecule has 0 saturated carbocycles. The molecule has 4 aromatic rings. The van der Waals surface area contributed by atoms with Gasteiger partial charge in [-0.15, -0.1) is 5.10 Å². The summed E-state index contributed by atoms with van der Waals surface area (Å²) >= 11 is 1.41. The highest BCUT2D eigenvalue weighted by atomic mass is 32.2. The van der Waals surface area contributed by atoms with Crippen LogP contribution in [-0.4, -0.2) is 34.8 Å². The van der Waals surface area contributed by atoms with Gasteiger partial charge in [0.15, 0.2) is 5.82 Å². The fourth-order valence-corrected chi connectivity index (χ4v) is 3.00. The average molecular weight is 339 g/mol. The summed E-state index contributed by atoms with van der Waals surface area (Å²) in [4.78, 5) is 24.7. The van der Waals surface area contributed by atoms with Crippen molar-refractivity contribution in [2.75, 3.05) is 0 Å². The van der Waals surface area contributed by atoms with Crippen molar-refractivity contribution in [3.63, 3.8) is 0 Å². The van der Waals surface area contributed by atoms with Gasteiger partial charge in [0.05, 0.1) is 5.69 Å². The van der Waals surface area contributed by atoms with Crippen LogP contribution in [0.15, 0.2) is 46.6 Å². The summed E-state index contributed by atoms with van der Waals surface area (Å²) in [5, 5.41) is 10.5. The highest BCUT2D eigenvalue weighted by molar-refractivity contribution is 7.98. The summed E-state index contributed by atoms with van der Waals surface area (Å²) in [5.74, 6) is 1.56. The van der Waals surface area contributed by atoms with E-state index in [1.165, 1.54) is 28.7 Å². The third-order valence-electron chi connectivity index (χ3n) is 3.43. The van der Waals surface area contributed by atoms with Gasteiger partial charge in [0.1, 0.15) is 6.33 Å². The SMILES string of the molecule is Cc1cccc(-c2nc(SCc3cc(=O)n4[nH]cnc4n3)n[nH]2)c1. The van der Waals surface area contributed by atoms with Crippen LogP contribution in [0.5, 0.6) is 0 Å². The first-order valence-corrected chi connectivity index (χ1v) is 8.22. The lowest BCUT2D eigenvalue weighted by molar-refractivity contribution is 0.886. The first kappa shape index (κ1) is 14.6. The number of fused-ring (bicyclic) bond motifs is 1. The van der Waals surface area contributed by atoms with Crippen molar-refractivity contribution in [2.24, 2.45) is 0 Å². The molecule has 0 radical (unpaired) electrons. The van der Waals surface area contributed by atoms with E-state index in [9.17, 15) is 4.79 Å². The molecule has 2 N–H and O–H groups in total. The molecule has 0 aliphatic rings. The molecule has 0 aliphatic carbocycles. The fraction of sp³-hybridized carbons (Fsp3) is 0.133. The van der Waals surface area contributed by atoms with E-state index >= 15 is 0 Å². The quantitative estimate of drug-likeness (QED) is 0.549. The Bertz CT molecular complexity index is 1060. The van der Waals surface area contributed by atoms with E-state index in [-0.39, 0.29) is 5.56 Å². The molecule has 0 bridgehead atoms. The van der Waals surface area contributed by atoms with Crippen LogP contribution in [0, 0.1) is 6.92 Å².